The van der Waals surface area contributed by atoms with Crippen molar-refractivity contribution in [3.63, 3.8) is 0 Å². The van der Waals surface area contributed by atoms with Crippen LogP contribution in [0.15, 0.2) is 48.5 Å². The number of halogens is 1. The average molecular weight is 315 g/mol. The van der Waals surface area contributed by atoms with Gasteiger partial charge in [-0.1, -0.05) is 24.3 Å². The van der Waals surface area contributed by atoms with Crippen molar-refractivity contribution in [3.05, 3.63) is 65.5 Å². The largest absolute Gasteiger partial charge is 0.456 e. The molecule has 0 fully saturated rings. The Hall–Kier alpha value is -2.69. The van der Waals surface area contributed by atoms with Crippen LogP contribution in [-0.4, -0.2) is 18.5 Å². The molecule has 2 aromatic carbocycles. The third-order valence-corrected chi connectivity index (χ3v) is 3.20. The molecule has 0 bridgehead atoms. The van der Waals surface area contributed by atoms with E-state index >= 15 is 0 Å². The van der Waals surface area contributed by atoms with E-state index < -0.39 is 5.97 Å². The van der Waals surface area contributed by atoms with Crippen LogP contribution in [0.25, 0.3) is 0 Å². The second-order valence-corrected chi connectivity index (χ2v) is 5.20. The molecule has 0 heterocycles. The number of amides is 1. The van der Waals surface area contributed by atoms with Crippen LogP contribution in [0.2, 0.25) is 0 Å². The molecule has 1 N–H and O–H groups in total. The summed E-state index contributed by atoms with van der Waals surface area (Å²) in [6.45, 7) is 1.60. The topological polar surface area (TPSA) is 55.4 Å². The highest BCUT2D eigenvalue weighted by Gasteiger charge is 2.08. The molecule has 0 aliphatic rings. The van der Waals surface area contributed by atoms with E-state index in [0.717, 1.165) is 11.1 Å². The summed E-state index contributed by atoms with van der Waals surface area (Å²) in [5.41, 5.74) is 2.53. The van der Waals surface area contributed by atoms with Crippen LogP contribution in [-0.2, 0) is 20.7 Å². The van der Waals surface area contributed by atoms with Gasteiger partial charge in [0.05, 0.1) is 0 Å². The molecular formula is C18H18FNO3. The zero-order chi connectivity index (χ0) is 16.7. The Morgan fingerprint density at radius 1 is 1.13 bits per heavy atom. The number of ether oxygens (including phenoxy) is 1. The first-order chi connectivity index (χ1) is 11.0. The first-order valence-corrected chi connectivity index (χ1v) is 7.29. The van der Waals surface area contributed by atoms with Gasteiger partial charge in [-0.25, -0.2) is 4.39 Å². The number of benzene rings is 2. The SMILES string of the molecule is Cc1cccc(NC(=O)COC(=O)CCc2ccc(F)cc2)c1. The minimum atomic E-state index is -0.464. The minimum Gasteiger partial charge on any atom is -0.456 e. The highest BCUT2D eigenvalue weighted by molar-refractivity contribution is 5.92. The van der Waals surface area contributed by atoms with Crippen molar-refractivity contribution in [2.45, 2.75) is 19.8 Å². The molecule has 0 unspecified atom stereocenters. The van der Waals surface area contributed by atoms with Gasteiger partial charge in [0.2, 0.25) is 0 Å². The molecule has 5 heteroatoms. The maximum atomic E-state index is 12.8. The van der Waals surface area contributed by atoms with Crippen molar-refractivity contribution in [1.82, 2.24) is 0 Å². The first kappa shape index (κ1) is 16.7. The Morgan fingerprint density at radius 3 is 2.57 bits per heavy atom. The number of carbonyl (C=O) groups excluding carboxylic acids is 2. The summed E-state index contributed by atoms with van der Waals surface area (Å²) in [4.78, 5) is 23.3. The minimum absolute atomic E-state index is 0.142. The molecule has 0 atom stereocenters. The lowest BCUT2D eigenvalue weighted by atomic mass is 10.1. The third-order valence-electron chi connectivity index (χ3n) is 3.20. The summed E-state index contributed by atoms with van der Waals surface area (Å²) in [7, 11) is 0. The van der Waals surface area contributed by atoms with Gasteiger partial charge >= 0.3 is 5.97 Å². The summed E-state index contributed by atoms with van der Waals surface area (Å²) >= 11 is 0. The molecule has 4 nitrogen and oxygen atoms in total. The highest BCUT2D eigenvalue weighted by atomic mass is 19.1. The van der Waals surface area contributed by atoms with Gasteiger partial charge in [0.1, 0.15) is 5.82 Å². The first-order valence-electron chi connectivity index (χ1n) is 7.29. The Kier molecular flexibility index (Phi) is 5.86. The van der Waals surface area contributed by atoms with Gasteiger partial charge in [-0.2, -0.15) is 0 Å². The number of anilines is 1. The zero-order valence-corrected chi connectivity index (χ0v) is 12.8. The van der Waals surface area contributed by atoms with Crippen LogP contribution < -0.4 is 5.32 Å². The summed E-state index contributed by atoms with van der Waals surface area (Å²) in [6.07, 6.45) is 0.585. The van der Waals surface area contributed by atoms with Crippen molar-refractivity contribution in [1.29, 1.82) is 0 Å². The zero-order valence-electron chi connectivity index (χ0n) is 12.8. The van der Waals surface area contributed by atoms with Gasteiger partial charge in [-0.3, -0.25) is 9.59 Å². The molecule has 23 heavy (non-hydrogen) atoms. The molecule has 0 aliphatic carbocycles. The fourth-order valence-corrected chi connectivity index (χ4v) is 2.04. The van der Waals surface area contributed by atoms with Crippen LogP contribution in [0.5, 0.6) is 0 Å². The van der Waals surface area contributed by atoms with Crippen LogP contribution >= 0.6 is 0 Å². The molecule has 1 amide bonds. The van der Waals surface area contributed by atoms with Crippen molar-refractivity contribution in [2.75, 3.05) is 11.9 Å². The fourth-order valence-electron chi connectivity index (χ4n) is 2.04. The van der Waals surface area contributed by atoms with Gasteiger partial charge in [0, 0.05) is 12.1 Å². The monoisotopic (exact) mass is 315 g/mol. The Labute approximate surface area is 134 Å². The summed E-state index contributed by atoms with van der Waals surface area (Å²) in [5, 5.41) is 2.66. The maximum Gasteiger partial charge on any atom is 0.306 e. The molecule has 0 saturated heterocycles. The van der Waals surface area contributed by atoms with E-state index in [1.807, 2.05) is 25.1 Å². The summed E-state index contributed by atoms with van der Waals surface area (Å²) in [6, 6.07) is 13.3. The van der Waals surface area contributed by atoms with Crippen molar-refractivity contribution in [2.24, 2.45) is 0 Å². The number of hydrogen-bond acceptors (Lipinski definition) is 3. The standard InChI is InChI=1S/C18H18FNO3/c1-13-3-2-4-16(11-13)20-17(21)12-23-18(22)10-7-14-5-8-15(19)9-6-14/h2-6,8-9,11H,7,10,12H2,1H3,(H,20,21). The lowest BCUT2D eigenvalue weighted by Gasteiger charge is -2.07. The normalized spacial score (nSPS) is 10.2. The van der Waals surface area contributed by atoms with Gasteiger partial charge in [0.25, 0.3) is 5.91 Å². The van der Waals surface area contributed by atoms with Gasteiger partial charge in [-0.15, -0.1) is 0 Å². The van der Waals surface area contributed by atoms with Gasteiger partial charge in [-0.05, 0) is 48.7 Å². The molecule has 2 rings (SSSR count). The molecule has 0 radical (unpaired) electrons. The van der Waals surface area contributed by atoms with Crippen LogP contribution in [0, 0.1) is 12.7 Å². The molecule has 120 valence electrons. The third kappa shape index (κ3) is 5.90. The van der Waals surface area contributed by atoms with E-state index in [9.17, 15) is 14.0 Å². The highest BCUT2D eigenvalue weighted by Crippen LogP contribution is 2.09. The van der Waals surface area contributed by atoms with Crippen LogP contribution in [0.4, 0.5) is 10.1 Å². The summed E-state index contributed by atoms with van der Waals surface area (Å²) in [5.74, 6) is -1.16. The van der Waals surface area contributed by atoms with E-state index in [4.69, 9.17) is 4.74 Å². The quantitative estimate of drug-likeness (QED) is 0.833. The van der Waals surface area contributed by atoms with Crippen molar-refractivity contribution < 1.29 is 18.7 Å². The maximum absolute atomic E-state index is 12.8. The lowest BCUT2D eigenvalue weighted by molar-refractivity contribution is -0.147. The Balaban J connectivity index is 1.71. The molecule has 0 aromatic heterocycles. The molecule has 0 aliphatic heterocycles. The smallest absolute Gasteiger partial charge is 0.306 e. The number of rotatable bonds is 6. The average Bonchev–Trinajstić information content (AvgIpc) is 2.52. The van der Waals surface area contributed by atoms with E-state index in [-0.39, 0.29) is 24.8 Å². The molecule has 2 aromatic rings. The molecular weight excluding hydrogens is 297 g/mol. The number of aryl methyl sites for hydroxylation is 2. The fraction of sp³-hybridized carbons (Fsp3) is 0.222. The summed E-state index contributed by atoms with van der Waals surface area (Å²) < 4.78 is 17.7. The number of carbonyl (C=O) groups is 2. The molecule has 0 saturated carbocycles. The predicted molar refractivity (Wildman–Crippen MR) is 85.5 cm³/mol. The number of esters is 1. The van der Waals surface area contributed by atoms with E-state index in [2.05, 4.69) is 5.32 Å². The van der Waals surface area contributed by atoms with Crippen LogP contribution in [0.3, 0.4) is 0 Å². The Morgan fingerprint density at radius 2 is 1.87 bits per heavy atom. The molecule has 0 spiro atoms. The Bertz CT molecular complexity index is 683. The van der Waals surface area contributed by atoms with E-state index in [1.54, 1.807) is 18.2 Å². The second kappa shape index (κ2) is 8.08. The number of hydrogen-bond donors (Lipinski definition) is 1. The lowest BCUT2D eigenvalue weighted by Crippen LogP contribution is -2.21. The van der Waals surface area contributed by atoms with Crippen LogP contribution in [0.1, 0.15) is 17.5 Å². The van der Waals surface area contributed by atoms with Gasteiger partial charge in [0.15, 0.2) is 6.61 Å². The predicted octanol–water partition coefficient (Wildman–Crippen LogP) is 3.25. The van der Waals surface area contributed by atoms with Crippen molar-refractivity contribution in [3.8, 4) is 0 Å². The number of nitrogens with one attached hydrogen (secondary N) is 1. The van der Waals surface area contributed by atoms with E-state index in [1.165, 1.54) is 12.1 Å². The van der Waals surface area contributed by atoms with Gasteiger partial charge < -0.3 is 10.1 Å². The van der Waals surface area contributed by atoms with E-state index in [0.29, 0.717) is 12.1 Å². The van der Waals surface area contributed by atoms with Crippen molar-refractivity contribution >= 4 is 17.6 Å². The second-order valence-electron chi connectivity index (χ2n) is 5.20.